The van der Waals surface area contributed by atoms with Gasteiger partial charge in [0.25, 0.3) is 0 Å². The van der Waals surface area contributed by atoms with Gasteiger partial charge in [-0.05, 0) is 30.0 Å². The van der Waals surface area contributed by atoms with Crippen molar-refractivity contribution in [1.82, 2.24) is 5.32 Å². The second kappa shape index (κ2) is 5.36. The molecule has 1 saturated carbocycles. The molecule has 0 aromatic heterocycles. The normalized spacial score (nSPS) is 26.6. The average molecular weight is 291 g/mol. The van der Waals surface area contributed by atoms with Gasteiger partial charge in [0.1, 0.15) is 5.78 Å². The van der Waals surface area contributed by atoms with Crippen molar-refractivity contribution in [3.8, 4) is 0 Å². The number of nitrogens with one attached hydrogen (secondary N) is 1. The summed E-state index contributed by atoms with van der Waals surface area (Å²) in [4.78, 5) is 12.4. The van der Waals surface area contributed by atoms with E-state index in [4.69, 9.17) is 0 Å². The first-order valence-corrected chi connectivity index (χ1v) is 8.17. The lowest BCUT2D eigenvalue weighted by Crippen LogP contribution is -2.47. The van der Waals surface area contributed by atoms with Crippen molar-refractivity contribution in [2.24, 2.45) is 11.8 Å². The SMILES string of the molecule is O=C1CCC(c2ccccc2)(c2ccccc2)[C@@H]2CNC[C@@H]12. The highest BCUT2D eigenvalue weighted by molar-refractivity contribution is 5.84. The zero-order valence-electron chi connectivity index (χ0n) is 12.7. The number of Topliss-reactive ketones (excluding diaryl/α,β-unsaturated/α-hetero) is 1. The highest BCUT2D eigenvalue weighted by atomic mass is 16.1. The molecule has 1 N–H and O–H groups in total. The summed E-state index contributed by atoms with van der Waals surface area (Å²) in [6.45, 7) is 1.77. The van der Waals surface area contributed by atoms with Crippen LogP contribution >= 0.6 is 0 Å². The molecular formula is C20H21NO. The van der Waals surface area contributed by atoms with Crippen molar-refractivity contribution in [3.05, 3.63) is 71.8 Å². The molecule has 4 rings (SSSR count). The van der Waals surface area contributed by atoms with Gasteiger partial charge in [0.15, 0.2) is 0 Å². The van der Waals surface area contributed by atoms with Gasteiger partial charge in [-0.2, -0.15) is 0 Å². The van der Waals surface area contributed by atoms with E-state index in [1.165, 1.54) is 11.1 Å². The fourth-order valence-electron chi connectivity index (χ4n) is 4.58. The molecule has 2 nitrogen and oxygen atoms in total. The van der Waals surface area contributed by atoms with Crippen LogP contribution < -0.4 is 5.32 Å². The van der Waals surface area contributed by atoms with Gasteiger partial charge in [-0.3, -0.25) is 4.79 Å². The molecule has 22 heavy (non-hydrogen) atoms. The van der Waals surface area contributed by atoms with E-state index < -0.39 is 0 Å². The highest BCUT2D eigenvalue weighted by Crippen LogP contribution is 2.50. The summed E-state index contributed by atoms with van der Waals surface area (Å²) in [5, 5.41) is 3.47. The van der Waals surface area contributed by atoms with Gasteiger partial charge in [-0.15, -0.1) is 0 Å². The Labute approximate surface area is 131 Å². The van der Waals surface area contributed by atoms with Crippen LogP contribution in [0.1, 0.15) is 24.0 Å². The molecule has 2 heteroatoms. The van der Waals surface area contributed by atoms with E-state index in [9.17, 15) is 4.79 Å². The van der Waals surface area contributed by atoms with Gasteiger partial charge in [-0.1, -0.05) is 60.7 Å². The maximum Gasteiger partial charge on any atom is 0.137 e. The first-order valence-electron chi connectivity index (χ1n) is 8.17. The summed E-state index contributed by atoms with van der Waals surface area (Å²) in [5.41, 5.74) is 2.67. The van der Waals surface area contributed by atoms with E-state index in [1.807, 2.05) is 0 Å². The second-order valence-electron chi connectivity index (χ2n) is 6.54. The number of carbonyl (C=O) groups excluding carboxylic acids is 1. The van der Waals surface area contributed by atoms with Crippen molar-refractivity contribution < 1.29 is 4.79 Å². The number of hydrogen-bond acceptors (Lipinski definition) is 2. The highest BCUT2D eigenvalue weighted by Gasteiger charge is 2.52. The van der Waals surface area contributed by atoms with Gasteiger partial charge in [-0.25, -0.2) is 0 Å². The lowest BCUT2D eigenvalue weighted by molar-refractivity contribution is -0.126. The molecule has 0 radical (unpaired) electrons. The monoisotopic (exact) mass is 291 g/mol. The van der Waals surface area contributed by atoms with Crippen molar-refractivity contribution in [2.45, 2.75) is 18.3 Å². The Bertz CT molecular complexity index is 625. The Morgan fingerprint density at radius 3 is 2.05 bits per heavy atom. The van der Waals surface area contributed by atoms with E-state index in [0.717, 1.165) is 19.5 Å². The van der Waals surface area contributed by atoms with Gasteiger partial charge in [0, 0.05) is 24.3 Å². The lowest BCUT2D eigenvalue weighted by atomic mass is 9.56. The van der Waals surface area contributed by atoms with E-state index in [0.29, 0.717) is 18.1 Å². The number of fused-ring (bicyclic) bond motifs is 1. The average Bonchev–Trinajstić information content (AvgIpc) is 3.08. The smallest absolute Gasteiger partial charge is 0.137 e. The second-order valence-corrected chi connectivity index (χ2v) is 6.54. The predicted molar refractivity (Wildman–Crippen MR) is 87.8 cm³/mol. The third kappa shape index (κ3) is 1.94. The van der Waals surface area contributed by atoms with Gasteiger partial charge in [0.05, 0.1) is 0 Å². The quantitative estimate of drug-likeness (QED) is 0.921. The number of benzene rings is 2. The zero-order chi connectivity index (χ0) is 15.0. The molecule has 1 aliphatic heterocycles. The van der Waals surface area contributed by atoms with Crippen LogP contribution in [0.5, 0.6) is 0 Å². The van der Waals surface area contributed by atoms with Gasteiger partial charge in [0.2, 0.25) is 0 Å². The Morgan fingerprint density at radius 1 is 0.864 bits per heavy atom. The van der Waals surface area contributed by atoms with Crippen molar-refractivity contribution >= 4 is 5.78 Å². The van der Waals surface area contributed by atoms with E-state index in [2.05, 4.69) is 66.0 Å². The van der Waals surface area contributed by atoms with Crippen LogP contribution in [-0.4, -0.2) is 18.9 Å². The third-order valence-electron chi connectivity index (χ3n) is 5.60. The molecule has 2 aromatic carbocycles. The fourth-order valence-corrected chi connectivity index (χ4v) is 4.58. The van der Waals surface area contributed by atoms with Gasteiger partial charge < -0.3 is 5.32 Å². The van der Waals surface area contributed by atoms with Crippen LogP contribution in [0.4, 0.5) is 0 Å². The standard InChI is InChI=1S/C20H21NO/c22-19-11-12-20(15-7-3-1-4-8-15,16-9-5-2-6-10-16)18-14-21-13-17(18)19/h1-10,17-18,21H,11-14H2/t17-,18-/m1/s1. The maximum atomic E-state index is 12.4. The summed E-state index contributed by atoms with van der Waals surface area (Å²) in [6.07, 6.45) is 1.61. The summed E-state index contributed by atoms with van der Waals surface area (Å²) in [5.74, 6) is 0.963. The Hall–Kier alpha value is -1.93. The van der Waals surface area contributed by atoms with Crippen LogP contribution in [0.15, 0.2) is 60.7 Å². The zero-order valence-corrected chi connectivity index (χ0v) is 12.7. The van der Waals surface area contributed by atoms with Crippen LogP contribution in [0.2, 0.25) is 0 Å². The minimum absolute atomic E-state index is 0.0371. The fraction of sp³-hybridized carbons (Fsp3) is 0.350. The summed E-state index contributed by atoms with van der Waals surface area (Å²) in [7, 11) is 0. The minimum Gasteiger partial charge on any atom is -0.316 e. The molecule has 2 aliphatic rings. The van der Waals surface area contributed by atoms with Crippen LogP contribution in [-0.2, 0) is 10.2 Å². The van der Waals surface area contributed by atoms with Crippen LogP contribution in [0.25, 0.3) is 0 Å². The van der Waals surface area contributed by atoms with E-state index in [-0.39, 0.29) is 11.3 Å². The number of rotatable bonds is 2. The molecule has 0 unspecified atom stereocenters. The molecule has 2 fully saturated rings. The van der Waals surface area contributed by atoms with E-state index >= 15 is 0 Å². The molecular weight excluding hydrogens is 270 g/mol. The molecule has 2 atom stereocenters. The number of carbonyl (C=O) groups is 1. The predicted octanol–water partition coefficient (Wildman–Crippen LogP) is 3.17. The van der Waals surface area contributed by atoms with Crippen molar-refractivity contribution in [1.29, 1.82) is 0 Å². The molecule has 0 amide bonds. The van der Waals surface area contributed by atoms with Crippen molar-refractivity contribution in [3.63, 3.8) is 0 Å². The van der Waals surface area contributed by atoms with Crippen LogP contribution in [0.3, 0.4) is 0 Å². The molecule has 0 spiro atoms. The van der Waals surface area contributed by atoms with E-state index in [1.54, 1.807) is 0 Å². The van der Waals surface area contributed by atoms with Crippen LogP contribution in [0, 0.1) is 11.8 Å². The third-order valence-corrected chi connectivity index (χ3v) is 5.60. The molecule has 1 aliphatic carbocycles. The largest absolute Gasteiger partial charge is 0.316 e. The Balaban J connectivity index is 1.92. The molecule has 1 heterocycles. The first kappa shape index (κ1) is 13.7. The lowest BCUT2D eigenvalue weighted by Gasteiger charge is -2.45. The Kier molecular flexibility index (Phi) is 3.34. The number of ketones is 1. The summed E-state index contributed by atoms with van der Waals surface area (Å²) < 4.78 is 0. The molecule has 112 valence electrons. The summed E-state index contributed by atoms with van der Waals surface area (Å²) in [6, 6.07) is 21.6. The number of hydrogen-bond donors (Lipinski definition) is 1. The van der Waals surface area contributed by atoms with Crippen molar-refractivity contribution in [2.75, 3.05) is 13.1 Å². The topological polar surface area (TPSA) is 29.1 Å². The Morgan fingerprint density at radius 2 is 1.45 bits per heavy atom. The molecule has 1 saturated heterocycles. The first-order chi connectivity index (χ1) is 10.8. The summed E-state index contributed by atoms with van der Waals surface area (Å²) >= 11 is 0. The maximum absolute atomic E-state index is 12.4. The molecule has 2 aromatic rings. The molecule has 0 bridgehead atoms. The van der Waals surface area contributed by atoms with Gasteiger partial charge >= 0.3 is 0 Å². The minimum atomic E-state index is -0.0371.